The Hall–Kier alpha value is -4.70. The molecule has 5 aromatic rings. The average molecular weight is 510 g/mol. The SMILES string of the molecule is COc1ccc(Cn2nc(NC(=O)c3ccc(N4CCOCC4)nc3)cc2-c2nc3ccccc3[nH]2)cc1. The van der Waals surface area contributed by atoms with E-state index in [0.717, 1.165) is 46.9 Å². The number of nitrogens with one attached hydrogen (secondary N) is 2. The third-order valence-electron chi connectivity index (χ3n) is 6.49. The van der Waals surface area contributed by atoms with Crippen LogP contribution in [0.4, 0.5) is 11.6 Å². The Morgan fingerprint density at radius 3 is 2.63 bits per heavy atom. The second-order valence-electron chi connectivity index (χ2n) is 8.98. The number of benzene rings is 2. The molecule has 1 saturated heterocycles. The van der Waals surface area contributed by atoms with E-state index in [4.69, 9.17) is 19.6 Å². The number of methoxy groups -OCH3 is 1. The lowest BCUT2D eigenvalue weighted by Crippen LogP contribution is -2.36. The summed E-state index contributed by atoms with van der Waals surface area (Å²) in [5.74, 6) is 2.44. The van der Waals surface area contributed by atoms with E-state index in [1.165, 1.54) is 0 Å². The fourth-order valence-electron chi connectivity index (χ4n) is 4.46. The molecule has 4 heterocycles. The maximum absolute atomic E-state index is 13.1. The Bertz CT molecular complexity index is 1520. The first-order chi connectivity index (χ1) is 18.7. The van der Waals surface area contributed by atoms with Gasteiger partial charge in [0.15, 0.2) is 11.6 Å². The smallest absolute Gasteiger partial charge is 0.258 e. The van der Waals surface area contributed by atoms with Gasteiger partial charge < -0.3 is 24.7 Å². The topological polar surface area (TPSA) is 110 Å². The normalized spacial score (nSPS) is 13.6. The van der Waals surface area contributed by atoms with Gasteiger partial charge in [0.25, 0.3) is 5.91 Å². The van der Waals surface area contributed by atoms with Crippen LogP contribution in [0.1, 0.15) is 15.9 Å². The van der Waals surface area contributed by atoms with Crippen LogP contribution in [-0.2, 0) is 11.3 Å². The Balaban J connectivity index is 1.27. The van der Waals surface area contributed by atoms with Crippen molar-refractivity contribution in [2.45, 2.75) is 6.54 Å². The highest BCUT2D eigenvalue weighted by molar-refractivity contribution is 6.03. The van der Waals surface area contributed by atoms with E-state index < -0.39 is 0 Å². The molecule has 1 fully saturated rings. The zero-order valence-electron chi connectivity index (χ0n) is 20.9. The van der Waals surface area contributed by atoms with Gasteiger partial charge in [-0.15, -0.1) is 0 Å². The molecule has 2 N–H and O–H groups in total. The molecule has 6 rings (SSSR count). The van der Waals surface area contributed by atoms with Crippen LogP contribution in [0.5, 0.6) is 5.75 Å². The minimum absolute atomic E-state index is 0.281. The van der Waals surface area contributed by atoms with Crippen molar-refractivity contribution in [1.29, 1.82) is 0 Å². The number of pyridine rings is 1. The van der Waals surface area contributed by atoms with Crippen LogP contribution in [0, 0.1) is 0 Å². The molecule has 0 radical (unpaired) electrons. The number of ether oxygens (including phenoxy) is 2. The molecule has 10 nitrogen and oxygen atoms in total. The van der Waals surface area contributed by atoms with Gasteiger partial charge >= 0.3 is 0 Å². The summed E-state index contributed by atoms with van der Waals surface area (Å²) in [7, 11) is 1.64. The van der Waals surface area contributed by atoms with Crippen LogP contribution in [-0.4, -0.2) is 64.1 Å². The van der Waals surface area contributed by atoms with E-state index in [0.29, 0.717) is 37.0 Å². The highest BCUT2D eigenvalue weighted by Crippen LogP contribution is 2.25. The number of H-pyrrole nitrogens is 1. The second kappa shape index (κ2) is 10.3. The number of morpholine rings is 1. The van der Waals surface area contributed by atoms with E-state index in [1.54, 1.807) is 19.4 Å². The molecule has 2 aromatic carbocycles. The third kappa shape index (κ3) is 4.94. The third-order valence-corrected chi connectivity index (χ3v) is 6.49. The molecule has 10 heteroatoms. The number of hydrogen-bond donors (Lipinski definition) is 2. The Morgan fingerprint density at radius 2 is 1.89 bits per heavy atom. The van der Waals surface area contributed by atoms with Crippen molar-refractivity contribution in [2.24, 2.45) is 0 Å². The fraction of sp³-hybridized carbons (Fsp3) is 0.214. The van der Waals surface area contributed by atoms with Gasteiger partial charge in [0.05, 0.1) is 43.5 Å². The predicted octanol–water partition coefficient (Wildman–Crippen LogP) is 3.97. The zero-order chi connectivity index (χ0) is 25.9. The molecular weight excluding hydrogens is 482 g/mol. The summed E-state index contributed by atoms with van der Waals surface area (Å²) in [5, 5.41) is 7.62. The fourth-order valence-corrected chi connectivity index (χ4v) is 4.46. The number of anilines is 2. The number of para-hydroxylation sites is 2. The predicted molar refractivity (Wildman–Crippen MR) is 145 cm³/mol. The van der Waals surface area contributed by atoms with Crippen molar-refractivity contribution in [2.75, 3.05) is 43.6 Å². The van der Waals surface area contributed by atoms with E-state index in [-0.39, 0.29) is 5.91 Å². The molecule has 0 atom stereocenters. The first kappa shape index (κ1) is 23.7. The van der Waals surface area contributed by atoms with Crippen molar-refractivity contribution in [3.63, 3.8) is 0 Å². The van der Waals surface area contributed by atoms with Crippen LogP contribution < -0.4 is 15.0 Å². The van der Waals surface area contributed by atoms with Crippen molar-refractivity contribution in [3.8, 4) is 17.3 Å². The van der Waals surface area contributed by atoms with Gasteiger partial charge in [0.1, 0.15) is 17.3 Å². The number of imidazole rings is 1. The van der Waals surface area contributed by atoms with Gasteiger partial charge in [0.2, 0.25) is 0 Å². The molecule has 38 heavy (non-hydrogen) atoms. The number of rotatable bonds is 7. The average Bonchev–Trinajstić information content (AvgIpc) is 3.57. The van der Waals surface area contributed by atoms with Crippen LogP contribution in [0.25, 0.3) is 22.6 Å². The molecule has 0 spiro atoms. The van der Waals surface area contributed by atoms with Crippen molar-refractivity contribution in [3.05, 3.63) is 84.1 Å². The van der Waals surface area contributed by atoms with E-state index >= 15 is 0 Å². The quantitative estimate of drug-likeness (QED) is 0.342. The molecule has 1 aliphatic rings. The molecule has 0 unspecified atom stereocenters. The van der Waals surface area contributed by atoms with E-state index in [2.05, 4.69) is 20.2 Å². The van der Waals surface area contributed by atoms with Gasteiger partial charge in [-0.25, -0.2) is 9.97 Å². The van der Waals surface area contributed by atoms with Gasteiger partial charge in [-0.1, -0.05) is 24.3 Å². The van der Waals surface area contributed by atoms with Crippen LogP contribution in [0.15, 0.2) is 72.9 Å². The lowest BCUT2D eigenvalue weighted by Gasteiger charge is -2.27. The maximum atomic E-state index is 13.1. The molecule has 0 bridgehead atoms. The summed E-state index contributed by atoms with van der Waals surface area (Å²) in [6.45, 7) is 3.42. The van der Waals surface area contributed by atoms with Gasteiger partial charge in [-0.05, 0) is 42.0 Å². The summed E-state index contributed by atoms with van der Waals surface area (Å²) < 4.78 is 12.5. The minimum atomic E-state index is -0.281. The standard InChI is InChI=1S/C28H27N7O3/c1-37-21-9-6-19(7-10-21)18-35-24(27-30-22-4-2-3-5-23(22)31-27)16-25(33-35)32-28(36)20-8-11-26(29-17-20)34-12-14-38-15-13-34/h2-11,16-17H,12-15,18H2,1H3,(H,30,31)(H,32,33,36). The zero-order valence-corrected chi connectivity index (χ0v) is 20.9. The number of nitrogens with zero attached hydrogens (tertiary/aromatic N) is 5. The lowest BCUT2D eigenvalue weighted by atomic mass is 10.2. The molecule has 3 aromatic heterocycles. The Kier molecular flexibility index (Phi) is 6.45. The van der Waals surface area contributed by atoms with Crippen molar-refractivity contribution < 1.29 is 14.3 Å². The number of hydrogen-bond acceptors (Lipinski definition) is 7. The van der Waals surface area contributed by atoms with Crippen LogP contribution in [0.2, 0.25) is 0 Å². The largest absolute Gasteiger partial charge is 0.497 e. The summed E-state index contributed by atoms with van der Waals surface area (Å²) in [4.78, 5) is 27.8. The molecular formula is C28H27N7O3. The molecule has 192 valence electrons. The van der Waals surface area contributed by atoms with Gasteiger partial charge in [0, 0.05) is 25.4 Å². The summed E-state index contributed by atoms with van der Waals surface area (Å²) in [6.07, 6.45) is 1.59. The monoisotopic (exact) mass is 509 g/mol. The maximum Gasteiger partial charge on any atom is 0.258 e. The summed E-state index contributed by atoms with van der Waals surface area (Å²) in [6, 6.07) is 21.1. The van der Waals surface area contributed by atoms with Crippen molar-refractivity contribution >= 4 is 28.6 Å². The van der Waals surface area contributed by atoms with Crippen LogP contribution in [0.3, 0.4) is 0 Å². The van der Waals surface area contributed by atoms with Crippen molar-refractivity contribution in [1.82, 2.24) is 24.7 Å². The Morgan fingerprint density at radius 1 is 1.08 bits per heavy atom. The number of amides is 1. The Labute approximate surface area is 219 Å². The van der Waals surface area contributed by atoms with Gasteiger partial charge in [-0.3, -0.25) is 9.48 Å². The van der Waals surface area contributed by atoms with E-state index in [1.807, 2.05) is 65.3 Å². The van der Waals surface area contributed by atoms with Gasteiger partial charge in [-0.2, -0.15) is 5.10 Å². The number of fused-ring (bicyclic) bond motifs is 1. The minimum Gasteiger partial charge on any atom is -0.497 e. The van der Waals surface area contributed by atoms with Crippen LogP contribution >= 0.6 is 0 Å². The molecule has 0 aliphatic carbocycles. The first-order valence-corrected chi connectivity index (χ1v) is 12.4. The summed E-state index contributed by atoms with van der Waals surface area (Å²) >= 11 is 0. The number of carbonyl (C=O) groups is 1. The summed E-state index contributed by atoms with van der Waals surface area (Å²) in [5.41, 5.74) is 4.03. The highest BCUT2D eigenvalue weighted by Gasteiger charge is 2.18. The molecule has 1 amide bonds. The van der Waals surface area contributed by atoms with E-state index in [9.17, 15) is 4.79 Å². The number of carbonyl (C=O) groups excluding carboxylic acids is 1. The second-order valence-corrected chi connectivity index (χ2v) is 8.98. The first-order valence-electron chi connectivity index (χ1n) is 12.4. The number of aromatic amines is 1. The molecule has 1 aliphatic heterocycles. The number of aromatic nitrogens is 5. The lowest BCUT2D eigenvalue weighted by molar-refractivity contribution is 0.102. The highest BCUT2D eigenvalue weighted by atomic mass is 16.5. The molecule has 0 saturated carbocycles.